The lowest BCUT2D eigenvalue weighted by Crippen LogP contribution is -2.37. The highest BCUT2D eigenvalue weighted by Crippen LogP contribution is 2.30. The van der Waals surface area contributed by atoms with Crippen molar-refractivity contribution in [3.05, 3.63) is 87.8 Å². The quantitative estimate of drug-likeness (QED) is 0.275. The summed E-state index contributed by atoms with van der Waals surface area (Å²) in [7, 11) is 1.70. The van der Waals surface area contributed by atoms with Crippen molar-refractivity contribution in [1.29, 1.82) is 0 Å². The van der Waals surface area contributed by atoms with E-state index in [0.717, 1.165) is 74.4 Å². The van der Waals surface area contributed by atoms with Crippen LogP contribution in [0.4, 0.5) is 24.7 Å². The van der Waals surface area contributed by atoms with Crippen LogP contribution in [0.2, 0.25) is 0 Å². The fourth-order valence-electron chi connectivity index (χ4n) is 5.03. The number of aromatic nitrogens is 2. The number of ether oxygens (including phenoxy) is 1. The lowest BCUT2D eigenvalue weighted by molar-refractivity contribution is -0.137. The molecule has 0 saturated carbocycles. The number of amides is 1. The van der Waals surface area contributed by atoms with E-state index < -0.39 is 17.6 Å². The number of nitrogens with one attached hydrogen (secondary N) is 2. The zero-order valence-corrected chi connectivity index (χ0v) is 23.4. The molecular formula is C31H32F3N5O3. The van der Waals surface area contributed by atoms with Crippen LogP contribution in [0.15, 0.2) is 65.6 Å². The molecule has 2 aromatic heterocycles. The third-order valence-electron chi connectivity index (χ3n) is 7.41. The van der Waals surface area contributed by atoms with Gasteiger partial charge in [0.1, 0.15) is 5.82 Å². The number of benzene rings is 2. The van der Waals surface area contributed by atoms with E-state index in [1.807, 2.05) is 13.0 Å². The molecule has 2 N–H and O–H groups in total. The van der Waals surface area contributed by atoms with Crippen molar-refractivity contribution in [3.63, 3.8) is 0 Å². The van der Waals surface area contributed by atoms with Crippen LogP contribution < -0.4 is 16.2 Å². The predicted molar refractivity (Wildman–Crippen MR) is 157 cm³/mol. The number of rotatable bonds is 8. The standard InChI is InChI=1S/C31H32F3N5O3/c1-20-7-8-24(37-29(40)21-5-3-6-23(15-21)31(32,33)34)17-25(20)26-16-22-19-36-28(18-27(22)38(2)30(26)41)35-9-4-10-39-11-13-42-14-12-39/h3,5-8,15-19H,4,9-14H2,1-2H3,(H,35,36)(H,37,40). The maximum Gasteiger partial charge on any atom is 0.416 e. The van der Waals surface area contributed by atoms with E-state index in [-0.39, 0.29) is 11.1 Å². The molecule has 8 nitrogen and oxygen atoms in total. The second-order valence-electron chi connectivity index (χ2n) is 10.3. The molecule has 5 rings (SSSR count). The van der Waals surface area contributed by atoms with E-state index >= 15 is 0 Å². The Morgan fingerprint density at radius 1 is 1.05 bits per heavy atom. The van der Waals surface area contributed by atoms with Gasteiger partial charge in [0.2, 0.25) is 0 Å². The van der Waals surface area contributed by atoms with Gasteiger partial charge in [-0.1, -0.05) is 12.1 Å². The number of pyridine rings is 2. The Hall–Kier alpha value is -4.22. The Kier molecular flexibility index (Phi) is 8.60. The van der Waals surface area contributed by atoms with Gasteiger partial charge in [-0.05, 0) is 67.4 Å². The van der Waals surface area contributed by atoms with Gasteiger partial charge < -0.3 is 19.9 Å². The zero-order valence-electron chi connectivity index (χ0n) is 23.4. The molecule has 4 aromatic rings. The lowest BCUT2D eigenvalue weighted by atomic mass is 9.99. The number of alkyl halides is 3. The monoisotopic (exact) mass is 579 g/mol. The average molecular weight is 580 g/mol. The van der Waals surface area contributed by atoms with Gasteiger partial charge in [0.05, 0.1) is 24.3 Å². The largest absolute Gasteiger partial charge is 0.416 e. The van der Waals surface area contributed by atoms with Crippen LogP contribution in [0.3, 0.4) is 0 Å². The fraction of sp³-hybridized carbons (Fsp3) is 0.323. The van der Waals surface area contributed by atoms with Crippen LogP contribution in [0.25, 0.3) is 22.0 Å². The SMILES string of the molecule is Cc1ccc(NC(=O)c2cccc(C(F)(F)F)c2)cc1-c1cc2cnc(NCCCN3CCOCC3)cc2n(C)c1=O. The molecular weight excluding hydrogens is 547 g/mol. The van der Waals surface area contributed by atoms with Crippen molar-refractivity contribution in [3.8, 4) is 11.1 Å². The second-order valence-corrected chi connectivity index (χ2v) is 10.3. The first-order valence-corrected chi connectivity index (χ1v) is 13.7. The third kappa shape index (κ3) is 6.63. The molecule has 0 spiro atoms. The molecule has 0 unspecified atom stereocenters. The number of anilines is 2. The van der Waals surface area contributed by atoms with Crippen molar-refractivity contribution in [2.45, 2.75) is 19.5 Å². The molecule has 1 fully saturated rings. The molecule has 0 bridgehead atoms. The van der Waals surface area contributed by atoms with Gasteiger partial charge in [0.25, 0.3) is 11.5 Å². The van der Waals surface area contributed by atoms with Crippen molar-refractivity contribution in [1.82, 2.24) is 14.5 Å². The summed E-state index contributed by atoms with van der Waals surface area (Å²) in [6.45, 7) is 7.01. The lowest BCUT2D eigenvalue weighted by Gasteiger charge is -2.26. The topological polar surface area (TPSA) is 88.5 Å². The molecule has 220 valence electrons. The van der Waals surface area contributed by atoms with E-state index in [1.165, 1.54) is 12.1 Å². The number of nitrogens with zero attached hydrogens (tertiary/aromatic N) is 3. The summed E-state index contributed by atoms with van der Waals surface area (Å²) >= 11 is 0. The van der Waals surface area contributed by atoms with Gasteiger partial charge in [-0.25, -0.2) is 4.98 Å². The van der Waals surface area contributed by atoms with E-state index in [0.29, 0.717) is 22.6 Å². The number of carbonyl (C=O) groups excluding carboxylic acids is 1. The van der Waals surface area contributed by atoms with Crippen molar-refractivity contribution in [2.24, 2.45) is 7.05 Å². The van der Waals surface area contributed by atoms with Crippen LogP contribution >= 0.6 is 0 Å². The van der Waals surface area contributed by atoms with E-state index in [4.69, 9.17) is 4.74 Å². The molecule has 0 atom stereocenters. The Balaban J connectivity index is 1.34. The molecule has 1 aliphatic rings. The van der Waals surface area contributed by atoms with Gasteiger partial charge in [-0.2, -0.15) is 13.2 Å². The number of halogens is 3. The number of fused-ring (bicyclic) bond motifs is 1. The molecule has 11 heteroatoms. The number of hydrogen-bond donors (Lipinski definition) is 2. The molecule has 1 saturated heterocycles. The summed E-state index contributed by atoms with van der Waals surface area (Å²) in [6, 6.07) is 12.9. The first-order valence-electron chi connectivity index (χ1n) is 13.7. The average Bonchev–Trinajstić information content (AvgIpc) is 2.98. The highest BCUT2D eigenvalue weighted by Gasteiger charge is 2.31. The number of morpholine rings is 1. The molecule has 1 aliphatic heterocycles. The summed E-state index contributed by atoms with van der Waals surface area (Å²) < 4.78 is 46.3. The summed E-state index contributed by atoms with van der Waals surface area (Å²) in [4.78, 5) is 33.2. The van der Waals surface area contributed by atoms with Crippen LogP contribution in [0.5, 0.6) is 0 Å². The number of aryl methyl sites for hydroxylation is 2. The van der Waals surface area contributed by atoms with Crippen molar-refractivity contribution in [2.75, 3.05) is 50.0 Å². The summed E-state index contributed by atoms with van der Waals surface area (Å²) in [5.74, 6) is -0.000739. The molecule has 3 heterocycles. The van der Waals surface area contributed by atoms with Gasteiger partial charge in [0.15, 0.2) is 0 Å². The number of carbonyl (C=O) groups is 1. The van der Waals surface area contributed by atoms with Crippen LogP contribution in [0, 0.1) is 6.92 Å². The predicted octanol–water partition coefficient (Wildman–Crippen LogP) is 5.31. The first kappa shape index (κ1) is 29.3. The molecule has 0 radical (unpaired) electrons. The Bertz CT molecular complexity index is 1660. The normalized spacial score (nSPS) is 14.2. The zero-order chi connectivity index (χ0) is 29.9. The Labute approximate surface area is 241 Å². The highest BCUT2D eigenvalue weighted by atomic mass is 19.4. The van der Waals surface area contributed by atoms with Gasteiger partial charge in [0, 0.05) is 61.1 Å². The summed E-state index contributed by atoms with van der Waals surface area (Å²) in [5, 5.41) is 6.76. The summed E-state index contributed by atoms with van der Waals surface area (Å²) in [5.41, 5.74) is 1.65. The molecule has 42 heavy (non-hydrogen) atoms. The molecule has 2 aromatic carbocycles. The number of hydrogen-bond acceptors (Lipinski definition) is 6. The van der Waals surface area contributed by atoms with Crippen molar-refractivity contribution >= 4 is 28.3 Å². The fourth-order valence-corrected chi connectivity index (χ4v) is 5.03. The first-order chi connectivity index (χ1) is 20.1. The maximum atomic E-state index is 13.5. The highest BCUT2D eigenvalue weighted by molar-refractivity contribution is 6.04. The minimum absolute atomic E-state index is 0.120. The minimum atomic E-state index is -4.56. The van der Waals surface area contributed by atoms with Crippen molar-refractivity contribution < 1.29 is 22.7 Å². The van der Waals surface area contributed by atoms with Crippen LogP contribution in [-0.2, 0) is 18.0 Å². The molecule has 1 amide bonds. The Morgan fingerprint density at radius 3 is 2.60 bits per heavy atom. The van der Waals surface area contributed by atoms with E-state index in [2.05, 4.69) is 20.5 Å². The van der Waals surface area contributed by atoms with Crippen LogP contribution in [-0.4, -0.2) is 59.8 Å². The minimum Gasteiger partial charge on any atom is -0.379 e. The third-order valence-corrected chi connectivity index (χ3v) is 7.41. The van der Waals surface area contributed by atoms with Crippen LogP contribution in [0.1, 0.15) is 27.9 Å². The van der Waals surface area contributed by atoms with E-state index in [9.17, 15) is 22.8 Å². The van der Waals surface area contributed by atoms with Gasteiger partial charge in [-0.3, -0.25) is 14.5 Å². The summed E-state index contributed by atoms with van der Waals surface area (Å²) in [6.07, 6.45) is -1.88. The molecule has 0 aliphatic carbocycles. The smallest absolute Gasteiger partial charge is 0.379 e. The second kappa shape index (κ2) is 12.3. The Morgan fingerprint density at radius 2 is 1.83 bits per heavy atom. The van der Waals surface area contributed by atoms with E-state index in [1.54, 1.807) is 42.1 Å². The van der Waals surface area contributed by atoms with Gasteiger partial charge >= 0.3 is 6.18 Å². The van der Waals surface area contributed by atoms with Gasteiger partial charge in [-0.15, -0.1) is 0 Å². The maximum absolute atomic E-state index is 13.5.